The van der Waals surface area contributed by atoms with Crippen molar-refractivity contribution in [2.45, 2.75) is 0 Å². The molecule has 0 aromatic carbocycles. The predicted molar refractivity (Wildman–Crippen MR) is 7.55 cm³/mol. The van der Waals surface area contributed by atoms with Gasteiger partial charge in [0.15, 0.2) is 0 Å². The third-order valence-electron chi connectivity index (χ3n) is 0. The van der Waals surface area contributed by atoms with Gasteiger partial charge in [-0.1, -0.05) is 0 Å². The molecule has 1 N–H and O–H groups in total. The maximum atomic E-state index is 6.88. The summed E-state index contributed by atoms with van der Waals surface area (Å²) >= 11 is 0. The van der Waals surface area contributed by atoms with Crippen molar-refractivity contribution in [2.24, 2.45) is 0 Å². The van der Waals surface area contributed by atoms with Crippen LogP contribution in [0.1, 0.15) is 0 Å². The van der Waals surface area contributed by atoms with Gasteiger partial charge in [0, 0.05) is 35.6 Å². The summed E-state index contributed by atoms with van der Waals surface area (Å²) in [4.78, 5) is 0. The first-order chi connectivity index (χ1) is 1.41. The summed E-state index contributed by atoms with van der Waals surface area (Å²) < 4.78 is 0. The van der Waals surface area contributed by atoms with Crippen LogP contribution < -0.4 is 0 Å². The molecule has 5 heavy (non-hydrogen) atoms. The molecule has 0 aliphatic heterocycles. The van der Waals surface area contributed by atoms with Crippen LogP contribution in [-0.4, -0.2) is 5.11 Å². The molecular weight excluding hydrogens is 149 g/mol. The number of nitrogens with zero attached hydrogens (tertiary/aromatic N) is 1. The topological polar surface area (TPSA) is 44.0 Å². The van der Waals surface area contributed by atoms with Crippen LogP contribution in [0.3, 0.4) is 0 Å². The SMILES string of the molecule is N#CO.[Fe].[V]. The average molecular weight is 150 g/mol. The Balaban J connectivity index is -0.0000000200. The molecule has 0 bridgehead atoms. The minimum absolute atomic E-state index is 0. The first kappa shape index (κ1) is 18.2. The van der Waals surface area contributed by atoms with Gasteiger partial charge < -0.3 is 5.11 Å². The molecule has 0 amide bonds. The molecule has 0 aromatic rings. The van der Waals surface area contributed by atoms with Crippen molar-refractivity contribution in [2.75, 3.05) is 0 Å². The quantitative estimate of drug-likeness (QED) is 0.384. The standard InChI is InChI=1S/CHNO.Fe.V/c2-1-3;;/h3H;;. The Labute approximate surface area is 52.5 Å². The second kappa shape index (κ2) is 26.0. The smallest absolute Gasteiger partial charge is 0.283 e. The van der Waals surface area contributed by atoms with Crippen molar-refractivity contribution >= 4 is 0 Å². The Morgan fingerprint density at radius 3 is 1.60 bits per heavy atom. The van der Waals surface area contributed by atoms with E-state index in [0.29, 0.717) is 0 Å². The van der Waals surface area contributed by atoms with Crippen LogP contribution >= 0.6 is 0 Å². The third kappa shape index (κ3) is 162. The van der Waals surface area contributed by atoms with Gasteiger partial charge in [0.2, 0.25) is 0 Å². The largest absolute Gasteiger partial charge is 0.443 e. The van der Waals surface area contributed by atoms with E-state index in [0.717, 1.165) is 6.26 Å². The average Bonchev–Trinajstić information content (AvgIpc) is 0.918. The van der Waals surface area contributed by atoms with Gasteiger partial charge in [-0.05, 0) is 0 Å². The summed E-state index contributed by atoms with van der Waals surface area (Å²) in [6.07, 6.45) is 0.750. The van der Waals surface area contributed by atoms with Crippen molar-refractivity contribution < 1.29 is 40.7 Å². The Morgan fingerprint density at radius 2 is 1.60 bits per heavy atom. The molecule has 1 radical (unpaired) electrons. The van der Waals surface area contributed by atoms with E-state index >= 15 is 0 Å². The molecule has 0 rings (SSSR count). The van der Waals surface area contributed by atoms with Gasteiger partial charge in [0.1, 0.15) is 0 Å². The molecule has 0 saturated carbocycles. The third-order valence-corrected chi connectivity index (χ3v) is 0. The van der Waals surface area contributed by atoms with Crippen molar-refractivity contribution in [3.05, 3.63) is 0 Å². The molecule has 0 aliphatic rings. The van der Waals surface area contributed by atoms with Crippen LogP contribution in [0, 0.1) is 11.5 Å². The Morgan fingerprint density at radius 1 is 1.60 bits per heavy atom. The van der Waals surface area contributed by atoms with Crippen molar-refractivity contribution in [3.8, 4) is 6.26 Å². The van der Waals surface area contributed by atoms with Crippen LogP contribution in [0.25, 0.3) is 0 Å². The molecule has 29 valence electrons. The van der Waals surface area contributed by atoms with Gasteiger partial charge in [0.25, 0.3) is 6.26 Å². The predicted octanol–water partition coefficient (Wildman–Crippen LogP) is -0.165. The number of rotatable bonds is 0. The Kier molecular flexibility index (Phi) is 94.7. The van der Waals surface area contributed by atoms with Crippen LogP contribution in [0.4, 0.5) is 0 Å². The molecule has 0 aliphatic carbocycles. The number of aliphatic hydroxyl groups excluding tert-OH is 1. The fraction of sp³-hybridized carbons (Fsp3) is 0. The second-order valence-corrected chi connectivity index (χ2v) is 0.100. The van der Waals surface area contributed by atoms with E-state index in [1.54, 1.807) is 0 Å². The van der Waals surface area contributed by atoms with E-state index in [1.165, 1.54) is 0 Å². The fourth-order valence-corrected chi connectivity index (χ4v) is 0. The fourth-order valence-electron chi connectivity index (χ4n) is 0. The summed E-state index contributed by atoms with van der Waals surface area (Å²) in [6, 6.07) is 0. The number of hydrogen-bond acceptors (Lipinski definition) is 2. The molecule has 0 heterocycles. The van der Waals surface area contributed by atoms with E-state index in [1.807, 2.05) is 0 Å². The van der Waals surface area contributed by atoms with Crippen LogP contribution in [0.5, 0.6) is 0 Å². The zero-order valence-corrected chi connectivity index (χ0v) is 4.70. The monoisotopic (exact) mass is 150 g/mol. The molecule has 2 nitrogen and oxygen atoms in total. The van der Waals surface area contributed by atoms with Crippen molar-refractivity contribution in [1.29, 1.82) is 5.26 Å². The van der Waals surface area contributed by atoms with E-state index in [2.05, 4.69) is 0 Å². The van der Waals surface area contributed by atoms with E-state index in [9.17, 15) is 0 Å². The molecule has 0 saturated heterocycles. The number of nitriles is 1. The molecule has 4 heteroatoms. The van der Waals surface area contributed by atoms with Crippen LogP contribution in [-0.2, 0) is 35.6 Å². The summed E-state index contributed by atoms with van der Waals surface area (Å²) in [5.74, 6) is 0. The minimum Gasteiger partial charge on any atom is -0.443 e. The van der Waals surface area contributed by atoms with Crippen molar-refractivity contribution in [3.63, 3.8) is 0 Å². The van der Waals surface area contributed by atoms with E-state index in [4.69, 9.17) is 10.4 Å². The van der Waals surface area contributed by atoms with Crippen molar-refractivity contribution in [1.82, 2.24) is 0 Å². The molecule has 0 atom stereocenters. The number of aliphatic hydroxyl groups is 1. The Bertz CT molecular complexity index is 33.1. The summed E-state index contributed by atoms with van der Waals surface area (Å²) in [7, 11) is 0. The van der Waals surface area contributed by atoms with E-state index < -0.39 is 0 Å². The summed E-state index contributed by atoms with van der Waals surface area (Å²) in [5.41, 5.74) is 0. The maximum Gasteiger partial charge on any atom is 0.283 e. The van der Waals surface area contributed by atoms with Gasteiger partial charge in [-0.3, -0.25) is 0 Å². The molecular formula is CHFeNOV. The Hall–Kier alpha value is 0.394. The first-order valence-corrected chi connectivity index (χ1v) is 0.447. The van der Waals surface area contributed by atoms with Gasteiger partial charge in [-0.15, -0.1) is 0 Å². The van der Waals surface area contributed by atoms with Gasteiger partial charge in [-0.25, -0.2) is 0 Å². The summed E-state index contributed by atoms with van der Waals surface area (Å²) in [6.45, 7) is 0. The summed E-state index contributed by atoms with van der Waals surface area (Å²) in [5, 5.41) is 13.8. The zero-order chi connectivity index (χ0) is 2.71. The molecule has 0 spiro atoms. The number of hydrogen-bond donors (Lipinski definition) is 1. The van der Waals surface area contributed by atoms with Crippen LogP contribution in [0.15, 0.2) is 0 Å². The zero-order valence-electron chi connectivity index (χ0n) is 2.20. The molecule has 0 aromatic heterocycles. The molecule has 0 fully saturated rings. The van der Waals surface area contributed by atoms with Crippen LogP contribution in [0.2, 0.25) is 0 Å². The second-order valence-electron chi connectivity index (χ2n) is 0.100. The van der Waals surface area contributed by atoms with Gasteiger partial charge in [0.05, 0.1) is 0 Å². The van der Waals surface area contributed by atoms with Gasteiger partial charge >= 0.3 is 0 Å². The molecule has 0 unspecified atom stereocenters. The first-order valence-electron chi connectivity index (χ1n) is 0.447. The maximum absolute atomic E-state index is 6.88. The van der Waals surface area contributed by atoms with Gasteiger partial charge in [-0.2, -0.15) is 5.26 Å². The van der Waals surface area contributed by atoms with E-state index in [-0.39, 0.29) is 35.6 Å². The minimum atomic E-state index is 0. The normalized spacial score (nSPS) is 1.40.